The molecule has 0 aromatic heterocycles. The van der Waals surface area contributed by atoms with E-state index in [9.17, 15) is 14.7 Å². The van der Waals surface area contributed by atoms with Crippen molar-refractivity contribution in [3.8, 4) is 0 Å². The van der Waals surface area contributed by atoms with Crippen LogP contribution in [-0.2, 0) is 19.1 Å². The van der Waals surface area contributed by atoms with Gasteiger partial charge in [-0.05, 0) is 30.6 Å². The Labute approximate surface area is 139 Å². The highest BCUT2D eigenvalue weighted by Gasteiger charge is 2.35. The summed E-state index contributed by atoms with van der Waals surface area (Å²) in [5.74, 6) is -0.273. The van der Waals surface area contributed by atoms with Gasteiger partial charge in [0, 0.05) is 12.8 Å². The normalized spacial score (nSPS) is 26.1. The van der Waals surface area contributed by atoms with Gasteiger partial charge in [-0.3, -0.25) is 4.79 Å². The van der Waals surface area contributed by atoms with Gasteiger partial charge >= 0.3 is 5.97 Å². The topological polar surface area (TPSA) is 72.8 Å². The number of esters is 1. The third-order valence-corrected chi connectivity index (χ3v) is 5.13. The molecule has 1 rings (SSSR count). The second-order valence-electron chi connectivity index (χ2n) is 7.18. The number of ketones is 1. The zero-order chi connectivity index (χ0) is 17.5. The average molecular weight is 328 g/mol. The van der Waals surface area contributed by atoms with Gasteiger partial charge in [-0.1, -0.05) is 34.1 Å². The summed E-state index contributed by atoms with van der Waals surface area (Å²) in [6, 6.07) is 0. The number of carbonyl (C=O) groups excluding carboxylic acids is 2. The Balaban J connectivity index is 2.24. The van der Waals surface area contributed by atoms with Crippen molar-refractivity contribution in [1.82, 2.24) is 0 Å². The van der Waals surface area contributed by atoms with Crippen molar-refractivity contribution in [2.45, 2.75) is 78.4 Å². The Kier molecular flexibility index (Phi) is 8.20. The molecule has 0 radical (unpaired) electrons. The minimum absolute atomic E-state index is 0.116. The molecule has 3 unspecified atom stereocenters. The predicted octanol–water partition coefficient (Wildman–Crippen LogP) is 2.88. The molecule has 0 amide bonds. The van der Waals surface area contributed by atoms with Crippen LogP contribution in [0.15, 0.2) is 0 Å². The zero-order valence-corrected chi connectivity index (χ0v) is 15.0. The van der Waals surface area contributed by atoms with Crippen LogP contribution in [0.1, 0.15) is 66.2 Å². The van der Waals surface area contributed by atoms with Crippen LogP contribution >= 0.6 is 0 Å². The first-order valence-corrected chi connectivity index (χ1v) is 8.76. The number of hydrogen-bond donors (Lipinski definition) is 1. The number of aliphatic hydroxyl groups is 1. The highest BCUT2D eigenvalue weighted by molar-refractivity contribution is 5.85. The van der Waals surface area contributed by atoms with Crippen LogP contribution in [0.3, 0.4) is 0 Å². The van der Waals surface area contributed by atoms with E-state index in [1.54, 1.807) is 6.92 Å². The molecule has 1 aliphatic rings. The van der Waals surface area contributed by atoms with Crippen LogP contribution in [0.5, 0.6) is 0 Å². The zero-order valence-electron chi connectivity index (χ0n) is 15.0. The van der Waals surface area contributed by atoms with Crippen molar-refractivity contribution < 1.29 is 24.2 Å². The van der Waals surface area contributed by atoms with Gasteiger partial charge in [0.05, 0.1) is 12.7 Å². The molecule has 23 heavy (non-hydrogen) atoms. The van der Waals surface area contributed by atoms with Gasteiger partial charge in [-0.2, -0.15) is 0 Å². The molecule has 134 valence electrons. The number of carbonyl (C=O) groups is 2. The molecular weight excluding hydrogens is 296 g/mol. The van der Waals surface area contributed by atoms with Crippen LogP contribution in [0, 0.1) is 11.3 Å². The molecule has 5 nitrogen and oxygen atoms in total. The van der Waals surface area contributed by atoms with Crippen molar-refractivity contribution in [2.75, 3.05) is 13.2 Å². The average Bonchev–Trinajstić information content (AvgIpc) is 2.51. The highest BCUT2D eigenvalue weighted by Crippen LogP contribution is 2.42. The Morgan fingerprint density at radius 1 is 1.30 bits per heavy atom. The number of hydrogen-bond acceptors (Lipinski definition) is 5. The van der Waals surface area contributed by atoms with Gasteiger partial charge in [0.25, 0.3) is 0 Å². The van der Waals surface area contributed by atoms with Crippen molar-refractivity contribution in [3.63, 3.8) is 0 Å². The van der Waals surface area contributed by atoms with Crippen molar-refractivity contribution >= 4 is 11.8 Å². The summed E-state index contributed by atoms with van der Waals surface area (Å²) in [6.07, 6.45) is 3.46. The van der Waals surface area contributed by atoms with Gasteiger partial charge < -0.3 is 14.6 Å². The van der Waals surface area contributed by atoms with E-state index >= 15 is 0 Å². The van der Waals surface area contributed by atoms with Gasteiger partial charge in [0.2, 0.25) is 0 Å². The standard InChI is InChI=1S/C18H32O5/c1-5-14(19)11-16(20)17(21)23-10-9-22-15-7-6-8-18(4,12-15)13(2)3/h13,15-16,20H,5-12H2,1-4H3. The molecule has 1 saturated carbocycles. The number of Topliss-reactive ketones (excluding diaryl/α,β-unsaturated/α-hetero) is 1. The van der Waals surface area contributed by atoms with E-state index in [0.717, 1.165) is 19.3 Å². The summed E-state index contributed by atoms with van der Waals surface area (Å²) >= 11 is 0. The Morgan fingerprint density at radius 3 is 2.61 bits per heavy atom. The minimum Gasteiger partial charge on any atom is -0.461 e. The molecule has 0 aliphatic heterocycles. The maximum atomic E-state index is 11.6. The molecule has 0 spiro atoms. The van der Waals surface area contributed by atoms with E-state index in [4.69, 9.17) is 9.47 Å². The second-order valence-corrected chi connectivity index (χ2v) is 7.18. The van der Waals surface area contributed by atoms with Crippen LogP contribution in [-0.4, -0.2) is 42.3 Å². The molecule has 0 aromatic rings. The first kappa shape index (κ1) is 20.1. The monoisotopic (exact) mass is 328 g/mol. The number of rotatable bonds is 9. The van der Waals surface area contributed by atoms with Gasteiger partial charge in [0.1, 0.15) is 12.4 Å². The SMILES string of the molecule is CCC(=O)CC(O)C(=O)OCCOC1CCCC(C)(C(C)C)C1. The highest BCUT2D eigenvalue weighted by atomic mass is 16.6. The molecule has 5 heteroatoms. The predicted molar refractivity (Wildman–Crippen MR) is 88.0 cm³/mol. The van der Waals surface area contributed by atoms with Gasteiger partial charge in [-0.15, -0.1) is 0 Å². The van der Waals surface area contributed by atoms with E-state index in [-0.39, 0.29) is 24.9 Å². The molecule has 1 aliphatic carbocycles. The Hall–Kier alpha value is -0.940. The van der Waals surface area contributed by atoms with Crippen molar-refractivity contribution in [3.05, 3.63) is 0 Å². The third kappa shape index (κ3) is 6.60. The molecule has 3 atom stereocenters. The van der Waals surface area contributed by atoms with Crippen molar-refractivity contribution in [2.24, 2.45) is 11.3 Å². The summed E-state index contributed by atoms with van der Waals surface area (Å²) in [5.41, 5.74) is 0.316. The fourth-order valence-corrected chi connectivity index (χ4v) is 3.02. The number of ether oxygens (including phenoxy) is 2. The van der Waals surface area contributed by atoms with Crippen LogP contribution in [0.4, 0.5) is 0 Å². The third-order valence-electron chi connectivity index (χ3n) is 5.13. The fraction of sp³-hybridized carbons (Fsp3) is 0.889. The molecule has 0 saturated heterocycles. The van der Waals surface area contributed by atoms with E-state index in [0.29, 0.717) is 24.4 Å². The van der Waals surface area contributed by atoms with E-state index in [1.165, 1.54) is 6.42 Å². The van der Waals surface area contributed by atoms with Gasteiger partial charge in [0.15, 0.2) is 6.10 Å². The van der Waals surface area contributed by atoms with E-state index in [1.807, 2.05) is 0 Å². The number of aliphatic hydroxyl groups excluding tert-OH is 1. The van der Waals surface area contributed by atoms with Crippen LogP contribution in [0.2, 0.25) is 0 Å². The lowest BCUT2D eigenvalue weighted by molar-refractivity contribution is -0.157. The lowest BCUT2D eigenvalue weighted by Gasteiger charge is -2.41. The summed E-state index contributed by atoms with van der Waals surface area (Å²) in [6.45, 7) is 8.97. The molecular formula is C18H32O5. The summed E-state index contributed by atoms with van der Waals surface area (Å²) in [7, 11) is 0. The second kappa shape index (κ2) is 9.38. The van der Waals surface area contributed by atoms with Crippen LogP contribution in [0.25, 0.3) is 0 Å². The summed E-state index contributed by atoms with van der Waals surface area (Å²) < 4.78 is 10.8. The molecule has 1 N–H and O–H groups in total. The maximum Gasteiger partial charge on any atom is 0.335 e. The molecule has 1 fully saturated rings. The lowest BCUT2D eigenvalue weighted by atomic mass is 9.67. The smallest absolute Gasteiger partial charge is 0.335 e. The first-order chi connectivity index (χ1) is 10.8. The summed E-state index contributed by atoms with van der Waals surface area (Å²) in [5, 5.41) is 9.56. The fourth-order valence-electron chi connectivity index (χ4n) is 3.02. The summed E-state index contributed by atoms with van der Waals surface area (Å²) in [4.78, 5) is 22.7. The van der Waals surface area contributed by atoms with Gasteiger partial charge in [-0.25, -0.2) is 4.79 Å². The lowest BCUT2D eigenvalue weighted by Crippen LogP contribution is -2.35. The van der Waals surface area contributed by atoms with E-state index in [2.05, 4.69) is 20.8 Å². The Morgan fingerprint density at radius 2 is 2.00 bits per heavy atom. The Bertz CT molecular complexity index is 393. The largest absolute Gasteiger partial charge is 0.461 e. The van der Waals surface area contributed by atoms with E-state index < -0.39 is 12.1 Å². The first-order valence-electron chi connectivity index (χ1n) is 8.76. The molecule has 0 heterocycles. The maximum absolute atomic E-state index is 11.6. The quantitative estimate of drug-likeness (QED) is 0.520. The molecule has 0 aromatic carbocycles. The van der Waals surface area contributed by atoms with Crippen molar-refractivity contribution in [1.29, 1.82) is 0 Å². The van der Waals surface area contributed by atoms with Crippen LogP contribution < -0.4 is 0 Å². The minimum atomic E-state index is -1.36. The molecule has 0 bridgehead atoms.